The summed E-state index contributed by atoms with van der Waals surface area (Å²) in [4.78, 5) is 41.4. The van der Waals surface area contributed by atoms with Crippen LogP contribution in [0.4, 0.5) is 5.69 Å². The Hall–Kier alpha value is -2.43. The number of hydrogen-bond donors (Lipinski definition) is 0. The molecule has 3 fully saturated rings. The fraction of sp³-hybridized carbons (Fsp3) is 0.476. The van der Waals surface area contributed by atoms with Crippen LogP contribution in [0, 0.1) is 42.4 Å². The van der Waals surface area contributed by atoms with Crippen molar-refractivity contribution in [3.8, 4) is 0 Å². The van der Waals surface area contributed by atoms with Gasteiger partial charge in [-0.15, -0.1) is 0 Å². The van der Waals surface area contributed by atoms with E-state index < -0.39 is 0 Å². The molecule has 1 aromatic carbocycles. The lowest BCUT2D eigenvalue weighted by atomic mass is 9.63. The summed E-state index contributed by atoms with van der Waals surface area (Å²) in [6.07, 6.45) is 5.48. The van der Waals surface area contributed by atoms with E-state index in [2.05, 4.69) is 12.2 Å². The van der Waals surface area contributed by atoms with Gasteiger partial charge in [0.15, 0.2) is 0 Å². The molecular formula is C21H22N2O3. The molecule has 1 saturated heterocycles. The molecule has 0 aromatic heterocycles. The lowest BCUT2D eigenvalue weighted by Crippen LogP contribution is -2.44. The zero-order valence-corrected chi connectivity index (χ0v) is 15.0. The van der Waals surface area contributed by atoms with E-state index >= 15 is 0 Å². The summed E-state index contributed by atoms with van der Waals surface area (Å²) >= 11 is 0. The number of allylic oxidation sites excluding steroid dienone is 2. The van der Waals surface area contributed by atoms with Crippen LogP contribution in [0.25, 0.3) is 0 Å². The van der Waals surface area contributed by atoms with Gasteiger partial charge >= 0.3 is 0 Å². The van der Waals surface area contributed by atoms with E-state index in [4.69, 9.17) is 0 Å². The third kappa shape index (κ3) is 2.00. The molecule has 1 aliphatic heterocycles. The van der Waals surface area contributed by atoms with Crippen molar-refractivity contribution in [3.63, 3.8) is 0 Å². The van der Waals surface area contributed by atoms with E-state index in [9.17, 15) is 14.4 Å². The maximum absolute atomic E-state index is 13.1. The smallest absolute Gasteiger partial charge is 0.235 e. The molecule has 6 atom stereocenters. The topological polar surface area (TPSA) is 57.7 Å². The first kappa shape index (κ1) is 15.8. The van der Waals surface area contributed by atoms with Gasteiger partial charge in [0, 0.05) is 12.6 Å². The highest BCUT2D eigenvalue weighted by Crippen LogP contribution is 2.65. The molecule has 0 spiro atoms. The predicted octanol–water partition coefficient (Wildman–Crippen LogP) is 2.36. The maximum Gasteiger partial charge on any atom is 0.235 e. The molecule has 26 heavy (non-hydrogen) atoms. The standard InChI is InChI=1S/C21H22N2O3/c1-11-5-3-4-6-17(11)22(12(2)24)10-23-20(25)18-13-7-8-14(16-9-15(13)16)19(18)21(23)26/h3-8,13-16,18-19H,9-10H2,1-2H3/t13-,14-,15-,16-,18+,19+/m0/s1. The fourth-order valence-corrected chi connectivity index (χ4v) is 5.51. The highest BCUT2D eigenvalue weighted by atomic mass is 16.2. The highest BCUT2D eigenvalue weighted by molar-refractivity contribution is 6.07. The number of anilines is 1. The van der Waals surface area contributed by atoms with Gasteiger partial charge in [-0.2, -0.15) is 0 Å². The van der Waals surface area contributed by atoms with Crippen molar-refractivity contribution >= 4 is 23.4 Å². The van der Waals surface area contributed by atoms with Crippen molar-refractivity contribution in [2.45, 2.75) is 20.3 Å². The maximum atomic E-state index is 13.1. The lowest BCUT2D eigenvalue weighted by molar-refractivity contribution is -0.140. The average molecular weight is 350 g/mol. The van der Waals surface area contributed by atoms with Crippen LogP contribution in [0.5, 0.6) is 0 Å². The van der Waals surface area contributed by atoms with Gasteiger partial charge in [0.25, 0.3) is 0 Å². The molecule has 1 aromatic rings. The van der Waals surface area contributed by atoms with E-state index in [-0.39, 0.29) is 48.1 Å². The Kier molecular flexibility index (Phi) is 3.21. The summed E-state index contributed by atoms with van der Waals surface area (Å²) in [6.45, 7) is 3.42. The third-order valence-corrected chi connectivity index (χ3v) is 6.82. The molecule has 2 bridgehead atoms. The Morgan fingerprint density at radius 3 is 2.19 bits per heavy atom. The Balaban J connectivity index is 1.46. The summed E-state index contributed by atoms with van der Waals surface area (Å²) in [5.41, 5.74) is 1.70. The molecule has 5 nitrogen and oxygen atoms in total. The summed E-state index contributed by atoms with van der Waals surface area (Å²) in [5.74, 6) is 0.805. The second-order valence-electron chi connectivity index (χ2n) is 8.13. The SMILES string of the molecule is CC(=O)N(CN1C(=O)[C@@H]2[C@H]3C=C[C@@H]([C@@H]4C[C@@H]34)[C@H]2C1=O)c1ccccc1C. The van der Waals surface area contributed by atoms with Crippen molar-refractivity contribution in [1.29, 1.82) is 0 Å². The number of amides is 3. The Morgan fingerprint density at radius 1 is 1.08 bits per heavy atom. The van der Waals surface area contributed by atoms with Crippen molar-refractivity contribution in [3.05, 3.63) is 42.0 Å². The molecule has 4 aliphatic carbocycles. The van der Waals surface area contributed by atoms with Gasteiger partial charge in [0.2, 0.25) is 17.7 Å². The molecular weight excluding hydrogens is 328 g/mol. The van der Waals surface area contributed by atoms with Crippen LogP contribution < -0.4 is 4.90 Å². The fourth-order valence-electron chi connectivity index (χ4n) is 5.51. The number of benzene rings is 1. The minimum Gasteiger partial charge on any atom is -0.294 e. The lowest BCUT2D eigenvalue weighted by Gasteiger charge is -2.37. The van der Waals surface area contributed by atoms with Crippen molar-refractivity contribution in [1.82, 2.24) is 4.90 Å². The van der Waals surface area contributed by atoms with Crippen LogP contribution in [-0.4, -0.2) is 29.3 Å². The van der Waals surface area contributed by atoms with Gasteiger partial charge in [-0.05, 0) is 48.6 Å². The first-order valence-corrected chi connectivity index (χ1v) is 9.36. The van der Waals surface area contributed by atoms with Crippen LogP contribution in [0.1, 0.15) is 18.9 Å². The van der Waals surface area contributed by atoms with Crippen LogP contribution in [-0.2, 0) is 14.4 Å². The van der Waals surface area contributed by atoms with Gasteiger partial charge in [0.1, 0.15) is 6.67 Å². The zero-order valence-electron chi connectivity index (χ0n) is 15.0. The minimum atomic E-state index is -0.216. The number of carbonyl (C=O) groups excluding carboxylic acids is 3. The monoisotopic (exact) mass is 350 g/mol. The molecule has 0 unspecified atom stereocenters. The normalized spacial score (nSPS) is 36.2. The molecule has 2 saturated carbocycles. The van der Waals surface area contributed by atoms with E-state index in [1.54, 1.807) is 4.90 Å². The summed E-state index contributed by atoms with van der Waals surface area (Å²) in [5, 5.41) is 0. The van der Waals surface area contributed by atoms with Crippen LogP contribution in [0.2, 0.25) is 0 Å². The third-order valence-electron chi connectivity index (χ3n) is 6.82. The largest absolute Gasteiger partial charge is 0.294 e. The first-order valence-electron chi connectivity index (χ1n) is 9.36. The zero-order chi connectivity index (χ0) is 18.2. The van der Waals surface area contributed by atoms with Crippen LogP contribution >= 0.6 is 0 Å². The number of para-hydroxylation sites is 1. The Morgan fingerprint density at radius 2 is 1.65 bits per heavy atom. The second-order valence-corrected chi connectivity index (χ2v) is 8.13. The Labute approximate surface area is 152 Å². The van der Waals surface area contributed by atoms with Crippen molar-refractivity contribution in [2.75, 3.05) is 11.6 Å². The predicted molar refractivity (Wildman–Crippen MR) is 95.8 cm³/mol. The molecule has 0 N–H and O–H groups in total. The molecule has 6 rings (SSSR count). The van der Waals surface area contributed by atoms with E-state index in [0.29, 0.717) is 11.8 Å². The van der Waals surface area contributed by atoms with Crippen molar-refractivity contribution < 1.29 is 14.4 Å². The van der Waals surface area contributed by atoms with Crippen LogP contribution in [0.3, 0.4) is 0 Å². The van der Waals surface area contributed by atoms with Crippen molar-refractivity contribution in [2.24, 2.45) is 35.5 Å². The average Bonchev–Trinajstić information content (AvgIpc) is 3.40. The number of hydrogen-bond acceptors (Lipinski definition) is 3. The minimum absolute atomic E-state index is 0.0135. The van der Waals surface area contributed by atoms with Gasteiger partial charge in [-0.25, -0.2) is 0 Å². The molecule has 3 amide bonds. The molecule has 5 heteroatoms. The number of rotatable bonds is 3. The van der Waals surface area contributed by atoms with E-state index in [1.165, 1.54) is 11.8 Å². The highest BCUT2D eigenvalue weighted by Gasteiger charge is 2.67. The Bertz CT molecular complexity index is 825. The second kappa shape index (κ2) is 5.29. The molecule has 5 aliphatic rings. The molecule has 134 valence electrons. The number of likely N-dealkylation sites (tertiary alicyclic amines) is 1. The number of aryl methyl sites for hydroxylation is 1. The van der Waals surface area contributed by atoms with E-state index in [1.807, 2.05) is 31.2 Å². The molecule has 1 heterocycles. The van der Waals surface area contributed by atoms with Gasteiger partial charge < -0.3 is 0 Å². The van der Waals surface area contributed by atoms with Crippen LogP contribution in [0.15, 0.2) is 36.4 Å². The van der Waals surface area contributed by atoms with Gasteiger partial charge in [-0.3, -0.25) is 24.2 Å². The van der Waals surface area contributed by atoms with Gasteiger partial charge in [-0.1, -0.05) is 30.4 Å². The number of nitrogens with zero attached hydrogens (tertiary/aromatic N) is 2. The van der Waals surface area contributed by atoms with Gasteiger partial charge in [0.05, 0.1) is 11.8 Å². The quantitative estimate of drug-likeness (QED) is 0.621. The number of imide groups is 1. The summed E-state index contributed by atoms with van der Waals surface area (Å²) in [7, 11) is 0. The summed E-state index contributed by atoms with van der Waals surface area (Å²) < 4.78 is 0. The summed E-state index contributed by atoms with van der Waals surface area (Å²) in [6, 6.07) is 7.56. The first-order chi connectivity index (χ1) is 12.5. The number of carbonyl (C=O) groups is 3. The van der Waals surface area contributed by atoms with E-state index in [0.717, 1.165) is 17.7 Å². The molecule has 0 radical (unpaired) electrons.